The molecule has 0 atom stereocenters. The average molecular weight is 491 g/mol. The first kappa shape index (κ1) is 25.5. The average Bonchev–Trinajstić information content (AvgIpc) is 3.24. The Kier molecular flexibility index (Phi) is 9.26. The highest BCUT2D eigenvalue weighted by Gasteiger charge is 2.17. The summed E-state index contributed by atoms with van der Waals surface area (Å²) >= 11 is 1.35. The van der Waals surface area contributed by atoms with E-state index in [0.717, 1.165) is 42.1 Å². The molecule has 1 heterocycles. The summed E-state index contributed by atoms with van der Waals surface area (Å²) < 4.78 is 36.2. The lowest BCUT2D eigenvalue weighted by Gasteiger charge is -2.17. The molecule has 0 aliphatic heterocycles. The van der Waals surface area contributed by atoms with Crippen LogP contribution in [0, 0.1) is 0 Å². The maximum atomic E-state index is 12.7. The Hall–Kier alpha value is -3.14. The fourth-order valence-corrected chi connectivity index (χ4v) is 4.15. The first-order chi connectivity index (χ1) is 16.4. The van der Waals surface area contributed by atoms with E-state index in [2.05, 4.69) is 21.9 Å². The van der Waals surface area contributed by atoms with Gasteiger partial charge < -0.3 is 18.9 Å². The number of carbonyl (C=O) groups is 1. The van der Waals surface area contributed by atoms with Crippen molar-refractivity contribution < 1.29 is 23.0 Å². The van der Waals surface area contributed by atoms with Gasteiger partial charge in [-0.25, -0.2) is 0 Å². The highest BCUT2D eigenvalue weighted by atomic mass is 32.2. The van der Waals surface area contributed by atoms with Crippen molar-refractivity contribution in [3.05, 3.63) is 54.1 Å². The van der Waals surface area contributed by atoms with Gasteiger partial charge in [-0.1, -0.05) is 37.2 Å². The second kappa shape index (κ2) is 12.4. The first-order valence-corrected chi connectivity index (χ1v) is 11.9. The summed E-state index contributed by atoms with van der Waals surface area (Å²) in [5.74, 6) is 1.74. The first-order valence-electron chi connectivity index (χ1n) is 10.9. The van der Waals surface area contributed by atoms with Gasteiger partial charge in [0.1, 0.15) is 11.5 Å². The number of hydrogen-bond acceptors (Lipinski definition) is 6. The van der Waals surface area contributed by atoms with E-state index in [4.69, 9.17) is 4.74 Å². The Morgan fingerprint density at radius 1 is 1.09 bits per heavy atom. The molecule has 10 heteroatoms. The summed E-state index contributed by atoms with van der Waals surface area (Å²) in [5.41, 5.74) is 1.74. The summed E-state index contributed by atoms with van der Waals surface area (Å²) in [4.78, 5) is 14.3. The number of alkyl halides is 2. The predicted octanol–water partition coefficient (Wildman–Crippen LogP) is 5.11. The Bertz CT molecular complexity index is 1060. The van der Waals surface area contributed by atoms with Crippen LogP contribution < -0.4 is 9.47 Å². The number of hydrogen-bond donors (Lipinski definition) is 0. The van der Waals surface area contributed by atoms with Crippen LogP contribution in [-0.2, 0) is 17.9 Å². The van der Waals surface area contributed by atoms with Gasteiger partial charge >= 0.3 is 6.61 Å². The summed E-state index contributed by atoms with van der Waals surface area (Å²) in [6.45, 7) is 0.365. The van der Waals surface area contributed by atoms with Crippen LogP contribution in [0.25, 0.3) is 11.4 Å². The van der Waals surface area contributed by atoms with Crippen LogP contribution in [0.2, 0.25) is 0 Å². The van der Waals surface area contributed by atoms with Gasteiger partial charge in [0.05, 0.1) is 12.9 Å². The van der Waals surface area contributed by atoms with Crippen molar-refractivity contribution in [3.8, 4) is 22.9 Å². The van der Waals surface area contributed by atoms with Crippen molar-refractivity contribution >= 4 is 17.7 Å². The molecule has 2 aromatic carbocycles. The number of ether oxygens (including phenoxy) is 2. The van der Waals surface area contributed by atoms with Gasteiger partial charge in [-0.2, -0.15) is 8.78 Å². The normalized spacial score (nSPS) is 11.0. The lowest BCUT2D eigenvalue weighted by atomic mass is 10.2. The van der Waals surface area contributed by atoms with Crippen molar-refractivity contribution in [1.29, 1.82) is 0 Å². The third-order valence-corrected chi connectivity index (χ3v) is 6.07. The monoisotopic (exact) mass is 490 g/mol. The molecule has 0 aliphatic carbocycles. The Labute approximate surface area is 202 Å². The van der Waals surface area contributed by atoms with E-state index in [1.54, 1.807) is 31.2 Å². The van der Waals surface area contributed by atoms with E-state index >= 15 is 0 Å². The number of thioether (sulfide) groups is 1. The molecule has 0 unspecified atom stereocenters. The topological polar surface area (TPSA) is 69.5 Å². The van der Waals surface area contributed by atoms with E-state index in [1.807, 2.05) is 28.8 Å². The Morgan fingerprint density at radius 2 is 1.76 bits per heavy atom. The highest BCUT2D eigenvalue weighted by Crippen LogP contribution is 2.26. The summed E-state index contributed by atoms with van der Waals surface area (Å²) in [6, 6.07) is 13.9. The van der Waals surface area contributed by atoms with Gasteiger partial charge in [0.25, 0.3) is 0 Å². The molecule has 0 aliphatic rings. The lowest BCUT2D eigenvalue weighted by molar-refractivity contribution is -0.127. The van der Waals surface area contributed by atoms with E-state index in [9.17, 15) is 13.6 Å². The van der Waals surface area contributed by atoms with Gasteiger partial charge in [-0.15, -0.1) is 10.2 Å². The second-order valence-corrected chi connectivity index (χ2v) is 8.54. The second-order valence-electron chi connectivity index (χ2n) is 7.60. The van der Waals surface area contributed by atoms with Crippen molar-refractivity contribution in [3.63, 3.8) is 0 Å². The van der Waals surface area contributed by atoms with E-state index in [0.29, 0.717) is 11.7 Å². The van der Waals surface area contributed by atoms with Crippen molar-refractivity contribution in [2.45, 2.75) is 44.6 Å². The lowest BCUT2D eigenvalue weighted by Crippen LogP contribution is -2.27. The molecule has 0 bridgehead atoms. The number of halogens is 2. The molecule has 3 aromatic rings. The fraction of sp³-hybridized carbons (Fsp3) is 0.375. The van der Waals surface area contributed by atoms with E-state index in [-0.39, 0.29) is 17.4 Å². The molecule has 0 spiro atoms. The minimum absolute atomic E-state index is 0.0751. The van der Waals surface area contributed by atoms with Crippen LogP contribution in [0.3, 0.4) is 0 Å². The molecule has 34 heavy (non-hydrogen) atoms. The van der Waals surface area contributed by atoms with Crippen LogP contribution in [0.15, 0.2) is 53.7 Å². The molecule has 1 aromatic heterocycles. The number of nitrogens with zero attached hydrogens (tertiary/aromatic N) is 4. The van der Waals surface area contributed by atoms with Crippen LogP contribution in [-0.4, -0.2) is 52.1 Å². The SMILES string of the molecule is CCCCn1c(SCC(=O)N(C)Cc2ccc(OC(F)F)cc2)nnc1-c1ccc(OC)cc1. The number of carbonyl (C=O) groups excluding carboxylic acids is 1. The van der Waals surface area contributed by atoms with Gasteiger partial charge in [0.15, 0.2) is 11.0 Å². The molecule has 0 saturated heterocycles. The van der Waals surface area contributed by atoms with Crippen molar-refractivity contribution in [1.82, 2.24) is 19.7 Å². The summed E-state index contributed by atoms with van der Waals surface area (Å²) in [6.07, 6.45) is 1.99. The molecule has 3 rings (SSSR count). The van der Waals surface area contributed by atoms with Gasteiger partial charge in [-0.05, 0) is 48.4 Å². The van der Waals surface area contributed by atoms with Crippen molar-refractivity contribution in [2.75, 3.05) is 19.9 Å². The standard InChI is InChI=1S/C24H28F2N4O3S/c1-4-5-14-30-22(18-8-12-19(32-3)13-9-18)27-28-24(30)34-16-21(31)29(2)15-17-6-10-20(11-7-17)33-23(25)26/h6-13,23H,4-5,14-16H2,1-3H3. The summed E-state index contributed by atoms with van der Waals surface area (Å²) in [5, 5.41) is 9.40. The number of amides is 1. The van der Waals surface area contributed by atoms with Crippen molar-refractivity contribution in [2.24, 2.45) is 0 Å². The third kappa shape index (κ3) is 6.93. The zero-order valence-electron chi connectivity index (χ0n) is 19.4. The molecule has 182 valence electrons. The maximum absolute atomic E-state index is 12.7. The molecule has 0 saturated carbocycles. The molecule has 1 amide bonds. The molecule has 0 N–H and O–H groups in total. The minimum atomic E-state index is -2.86. The zero-order valence-corrected chi connectivity index (χ0v) is 20.2. The van der Waals surface area contributed by atoms with Gasteiger partial charge in [0, 0.05) is 25.7 Å². The van der Waals surface area contributed by atoms with Crippen LogP contribution >= 0.6 is 11.8 Å². The molecule has 0 fully saturated rings. The number of benzene rings is 2. The number of aromatic nitrogens is 3. The van der Waals surface area contributed by atoms with Crippen LogP contribution in [0.5, 0.6) is 11.5 Å². The number of methoxy groups -OCH3 is 1. The number of rotatable bonds is 12. The molecular weight excluding hydrogens is 462 g/mol. The van der Waals surface area contributed by atoms with Crippen LogP contribution in [0.1, 0.15) is 25.3 Å². The molecule has 7 nitrogen and oxygen atoms in total. The molecule has 0 radical (unpaired) electrons. The third-order valence-electron chi connectivity index (χ3n) is 5.12. The Balaban J connectivity index is 1.64. The van der Waals surface area contributed by atoms with Crippen LogP contribution in [0.4, 0.5) is 8.78 Å². The largest absolute Gasteiger partial charge is 0.497 e. The molecular formula is C24H28F2N4O3S. The number of unbranched alkanes of at least 4 members (excludes halogenated alkanes) is 1. The quantitative estimate of drug-likeness (QED) is 0.329. The van der Waals surface area contributed by atoms with Gasteiger partial charge in [0.2, 0.25) is 5.91 Å². The minimum Gasteiger partial charge on any atom is -0.497 e. The predicted molar refractivity (Wildman–Crippen MR) is 127 cm³/mol. The maximum Gasteiger partial charge on any atom is 0.387 e. The van der Waals surface area contributed by atoms with E-state index < -0.39 is 6.61 Å². The van der Waals surface area contributed by atoms with E-state index in [1.165, 1.54) is 23.9 Å². The van der Waals surface area contributed by atoms with Gasteiger partial charge in [-0.3, -0.25) is 4.79 Å². The zero-order chi connectivity index (χ0) is 24.5. The smallest absolute Gasteiger partial charge is 0.387 e. The summed E-state index contributed by atoms with van der Waals surface area (Å²) in [7, 11) is 3.33. The highest BCUT2D eigenvalue weighted by molar-refractivity contribution is 7.99. The Morgan fingerprint density at radius 3 is 2.38 bits per heavy atom. The fourth-order valence-electron chi connectivity index (χ4n) is 3.24.